The third kappa shape index (κ3) is 2.49. The molecule has 0 aliphatic rings. The Morgan fingerprint density at radius 2 is 2.00 bits per heavy atom. The van der Waals surface area contributed by atoms with E-state index in [4.69, 9.17) is 10.8 Å². The van der Waals surface area contributed by atoms with Gasteiger partial charge in [0.1, 0.15) is 5.25 Å². The van der Waals surface area contributed by atoms with E-state index >= 15 is 0 Å². The van der Waals surface area contributed by atoms with Crippen LogP contribution in [0.15, 0.2) is 30.3 Å². The number of nitrogens with two attached hydrogens (primary N) is 1. The maximum atomic E-state index is 10.7. The van der Waals surface area contributed by atoms with Crippen molar-refractivity contribution < 1.29 is 9.90 Å². The van der Waals surface area contributed by atoms with Crippen molar-refractivity contribution in [2.45, 2.75) is 11.2 Å². The summed E-state index contributed by atoms with van der Waals surface area (Å²) < 4.78 is 0. The number of aliphatic carboxylic acids is 1. The predicted molar refractivity (Wildman–Crippen MR) is 58.6 cm³/mol. The average molecular weight is 211 g/mol. The average Bonchev–Trinajstić information content (AvgIpc) is 2.20. The topological polar surface area (TPSA) is 63.3 Å². The summed E-state index contributed by atoms with van der Waals surface area (Å²) >= 11 is 4.03. The fourth-order valence-corrected chi connectivity index (χ4v) is 1.61. The largest absolute Gasteiger partial charge is 0.480 e. The van der Waals surface area contributed by atoms with E-state index in [0.717, 1.165) is 5.56 Å². The molecule has 0 saturated heterocycles. The second kappa shape index (κ2) is 5.02. The van der Waals surface area contributed by atoms with Crippen molar-refractivity contribution in [1.29, 1.82) is 0 Å². The number of rotatable bonds is 4. The van der Waals surface area contributed by atoms with E-state index < -0.39 is 11.2 Å². The molecule has 1 aromatic rings. The van der Waals surface area contributed by atoms with Gasteiger partial charge in [0.15, 0.2) is 0 Å². The van der Waals surface area contributed by atoms with E-state index in [1.807, 2.05) is 30.3 Å². The Morgan fingerprint density at radius 1 is 1.43 bits per heavy atom. The Balaban J connectivity index is 2.87. The molecule has 2 atom stereocenters. The molecule has 1 rings (SSSR count). The van der Waals surface area contributed by atoms with Crippen molar-refractivity contribution in [3.05, 3.63) is 35.9 Å². The first kappa shape index (κ1) is 11.1. The smallest absolute Gasteiger partial charge is 0.317 e. The lowest BCUT2D eigenvalue weighted by Gasteiger charge is -2.18. The highest BCUT2D eigenvalue weighted by molar-refractivity contribution is 7.81. The summed E-state index contributed by atoms with van der Waals surface area (Å²) in [6, 6.07) is 9.33. The Labute approximate surface area is 88.3 Å². The van der Waals surface area contributed by atoms with E-state index in [0.29, 0.717) is 0 Å². The van der Waals surface area contributed by atoms with Crippen LogP contribution in [0.3, 0.4) is 0 Å². The normalized spacial score (nSPS) is 14.7. The highest BCUT2D eigenvalue weighted by Crippen LogP contribution is 2.22. The minimum absolute atomic E-state index is 0.239. The molecule has 4 heteroatoms. The third-order valence-corrected chi connectivity index (χ3v) is 2.70. The molecule has 0 bridgehead atoms. The second-order valence-electron chi connectivity index (χ2n) is 3.04. The Morgan fingerprint density at radius 3 is 2.43 bits per heavy atom. The Hall–Kier alpha value is -1.00. The SMILES string of the molecule is NCC(c1ccccc1)C(S)C(=O)O. The molecule has 0 amide bonds. The summed E-state index contributed by atoms with van der Waals surface area (Å²) in [6.45, 7) is 0.282. The molecule has 2 unspecified atom stereocenters. The highest BCUT2D eigenvalue weighted by atomic mass is 32.1. The van der Waals surface area contributed by atoms with Crippen molar-refractivity contribution in [2.24, 2.45) is 5.73 Å². The lowest BCUT2D eigenvalue weighted by atomic mass is 9.95. The first-order chi connectivity index (χ1) is 6.66. The van der Waals surface area contributed by atoms with Gasteiger partial charge in [0.25, 0.3) is 0 Å². The van der Waals surface area contributed by atoms with Gasteiger partial charge in [-0.25, -0.2) is 0 Å². The first-order valence-electron chi connectivity index (χ1n) is 4.32. The zero-order chi connectivity index (χ0) is 10.6. The first-order valence-corrected chi connectivity index (χ1v) is 4.84. The van der Waals surface area contributed by atoms with Crippen LogP contribution >= 0.6 is 12.6 Å². The Bertz CT molecular complexity index is 302. The molecule has 0 heterocycles. The number of benzene rings is 1. The number of carboxylic acid groups (broad SMARTS) is 1. The van der Waals surface area contributed by atoms with Crippen LogP contribution < -0.4 is 5.73 Å². The van der Waals surface area contributed by atoms with Crippen LogP contribution in [0.25, 0.3) is 0 Å². The van der Waals surface area contributed by atoms with Crippen molar-refractivity contribution in [3.63, 3.8) is 0 Å². The summed E-state index contributed by atoms with van der Waals surface area (Å²) in [5.74, 6) is -1.18. The van der Waals surface area contributed by atoms with Crippen LogP contribution in [0.1, 0.15) is 11.5 Å². The zero-order valence-electron chi connectivity index (χ0n) is 7.63. The van der Waals surface area contributed by atoms with Gasteiger partial charge in [-0.05, 0) is 5.56 Å². The number of carboxylic acids is 1. The fraction of sp³-hybridized carbons (Fsp3) is 0.300. The van der Waals surface area contributed by atoms with Crippen LogP contribution in [0.5, 0.6) is 0 Å². The summed E-state index contributed by atoms with van der Waals surface area (Å²) in [7, 11) is 0. The molecule has 0 aliphatic carbocycles. The van der Waals surface area contributed by atoms with E-state index in [-0.39, 0.29) is 12.5 Å². The molecule has 3 nitrogen and oxygen atoms in total. The maximum absolute atomic E-state index is 10.7. The lowest BCUT2D eigenvalue weighted by Crippen LogP contribution is -2.28. The van der Waals surface area contributed by atoms with Crippen LogP contribution in [0, 0.1) is 0 Å². The summed E-state index contributed by atoms with van der Waals surface area (Å²) in [5, 5.41) is 8.07. The van der Waals surface area contributed by atoms with Gasteiger partial charge in [0.05, 0.1) is 0 Å². The van der Waals surface area contributed by atoms with Crippen LogP contribution in [-0.4, -0.2) is 22.9 Å². The monoisotopic (exact) mass is 211 g/mol. The van der Waals surface area contributed by atoms with Gasteiger partial charge in [-0.3, -0.25) is 4.79 Å². The van der Waals surface area contributed by atoms with Crippen LogP contribution in [0.4, 0.5) is 0 Å². The highest BCUT2D eigenvalue weighted by Gasteiger charge is 2.24. The van der Waals surface area contributed by atoms with Crippen molar-refractivity contribution in [1.82, 2.24) is 0 Å². The molecule has 0 saturated carbocycles. The molecular weight excluding hydrogens is 198 g/mol. The molecule has 0 aliphatic heterocycles. The van der Waals surface area contributed by atoms with E-state index in [2.05, 4.69) is 12.6 Å². The summed E-state index contributed by atoms with van der Waals surface area (Å²) in [4.78, 5) is 10.7. The molecule has 1 aromatic carbocycles. The van der Waals surface area contributed by atoms with Gasteiger partial charge in [0, 0.05) is 12.5 Å². The maximum Gasteiger partial charge on any atom is 0.317 e. The predicted octanol–water partition coefficient (Wildman–Crippen LogP) is 1.11. The van der Waals surface area contributed by atoms with Crippen molar-refractivity contribution >= 4 is 18.6 Å². The zero-order valence-corrected chi connectivity index (χ0v) is 8.52. The Kier molecular flexibility index (Phi) is 3.98. The van der Waals surface area contributed by atoms with Gasteiger partial charge >= 0.3 is 5.97 Å². The lowest BCUT2D eigenvalue weighted by molar-refractivity contribution is -0.136. The number of carbonyl (C=O) groups is 1. The number of hydrogen-bond acceptors (Lipinski definition) is 3. The van der Waals surface area contributed by atoms with E-state index in [1.165, 1.54) is 0 Å². The quantitative estimate of drug-likeness (QED) is 0.654. The summed E-state index contributed by atoms with van der Waals surface area (Å²) in [6.07, 6.45) is 0. The van der Waals surface area contributed by atoms with Gasteiger partial charge < -0.3 is 10.8 Å². The molecule has 14 heavy (non-hydrogen) atoms. The van der Waals surface area contributed by atoms with Crippen LogP contribution in [-0.2, 0) is 4.79 Å². The third-order valence-electron chi connectivity index (χ3n) is 2.12. The summed E-state index contributed by atoms with van der Waals surface area (Å²) in [5.41, 5.74) is 6.45. The standard InChI is InChI=1S/C10H13NO2S/c11-6-8(9(14)10(12)13)7-4-2-1-3-5-7/h1-5,8-9,14H,6,11H2,(H,12,13). The minimum Gasteiger partial charge on any atom is -0.480 e. The molecule has 0 aromatic heterocycles. The molecule has 0 radical (unpaired) electrons. The number of hydrogen-bond donors (Lipinski definition) is 3. The molecule has 0 fully saturated rings. The molecule has 0 spiro atoms. The second-order valence-corrected chi connectivity index (χ2v) is 3.59. The van der Waals surface area contributed by atoms with Gasteiger partial charge in [-0.15, -0.1) is 0 Å². The van der Waals surface area contributed by atoms with Crippen LogP contribution in [0.2, 0.25) is 0 Å². The van der Waals surface area contributed by atoms with E-state index in [1.54, 1.807) is 0 Å². The van der Waals surface area contributed by atoms with Gasteiger partial charge in [-0.2, -0.15) is 12.6 Å². The van der Waals surface area contributed by atoms with Gasteiger partial charge in [0.2, 0.25) is 0 Å². The van der Waals surface area contributed by atoms with Crippen molar-refractivity contribution in [3.8, 4) is 0 Å². The fourth-order valence-electron chi connectivity index (χ4n) is 1.32. The van der Waals surface area contributed by atoms with Crippen molar-refractivity contribution in [2.75, 3.05) is 6.54 Å². The molecular formula is C10H13NO2S. The van der Waals surface area contributed by atoms with Gasteiger partial charge in [-0.1, -0.05) is 30.3 Å². The molecule has 3 N–H and O–H groups in total. The number of thiol groups is 1. The molecule has 76 valence electrons. The van der Waals surface area contributed by atoms with E-state index in [9.17, 15) is 4.79 Å². The minimum atomic E-state index is -0.937.